The maximum absolute atomic E-state index is 13.9. The molecule has 5 nitrogen and oxygen atoms in total. The van der Waals surface area contributed by atoms with E-state index in [2.05, 4.69) is 4.98 Å². The van der Waals surface area contributed by atoms with Crippen molar-refractivity contribution in [2.24, 2.45) is 5.73 Å². The van der Waals surface area contributed by atoms with E-state index in [-0.39, 0.29) is 23.8 Å². The Morgan fingerprint density at radius 2 is 1.93 bits per heavy atom. The van der Waals surface area contributed by atoms with Crippen molar-refractivity contribution in [3.63, 3.8) is 0 Å². The molecule has 1 aliphatic rings. The summed E-state index contributed by atoms with van der Waals surface area (Å²) in [5, 5.41) is 0.820. The molecule has 1 atom stereocenters. The topological polar surface area (TPSA) is 76.3 Å². The summed E-state index contributed by atoms with van der Waals surface area (Å²) in [6.07, 6.45) is 1.25. The van der Waals surface area contributed by atoms with Crippen LogP contribution in [0.1, 0.15) is 40.4 Å². The molecule has 154 valence electrons. The van der Waals surface area contributed by atoms with Gasteiger partial charge in [-0.3, -0.25) is 14.6 Å². The molecule has 0 bridgehead atoms. The first kappa shape index (κ1) is 19.9. The van der Waals surface area contributed by atoms with Gasteiger partial charge in [0.05, 0.1) is 23.2 Å². The lowest BCUT2D eigenvalue weighted by Gasteiger charge is -2.33. The van der Waals surface area contributed by atoms with Gasteiger partial charge < -0.3 is 10.6 Å². The highest BCUT2D eigenvalue weighted by atomic mass is 19.1. The van der Waals surface area contributed by atoms with Crippen LogP contribution in [0.5, 0.6) is 0 Å². The van der Waals surface area contributed by atoms with Crippen LogP contribution in [-0.2, 0) is 11.2 Å². The van der Waals surface area contributed by atoms with Crippen LogP contribution in [0.2, 0.25) is 0 Å². The zero-order chi connectivity index (χ0) is 21.3. The average Bonchev–Trinajstić information content (AvgIpc) is 2.75. The number of halogens is 2. The summed E-state index contributed by atoms with van der Waals surface area (Å²) in [5.41, 5.74) is 7.32. The van der Waals surface area contributed by atoms with Gasteiger partial charge in [0.2, 0.25) is 5.91 Å². The molecule has 7 heteroatoms. The van der Waals surface area contributed by atoms with Crippen LogP contribution in [0.3, 0.4) is 0 Å². The van der Waals surface area contributed by atoms with E-state index in [0.717, 1.165) is 41.9 Å². The molecule has 3 aromatic rings. The summed E-state index contributed by atoms with van der Waals surface area (Å²) >= 11 is 0. The van der Waals surface area contributed by atoms with Crippen LogP contribution >= 0.6 is 0 Å². The van der Waals surface area contributed by atoms with E-state index in [1.54, 1.807) is 11.0 Å². The van der Waals surface area contributed by atoms with Crippen molar-refractivity contribution in [3.8, 4) is 0 Å². The molecule has 1 fully saturated rings. The maximum Gasteiger partial charge on any atom is 0.250 e. The maximum atomic E-state index is 13.9. The molecule has 2 amide bonds. The summed E-state index contributed by atoms with van der Waals surface area (Å²) < 4.78 is 27.4. The monoisotopic (exact) mass is 409 g/mol. The first-order valence-electron chi connectivity index (χ1n) is 9.83. The summed E-state index contributed by atoms with van der Waals surface area (Å²) in [7, 11) is 0. The minimum atomic E-state index is -0.606. The predicted molar refractivity (Wildman–Crippen MR) is 109 cm³/mol. The number of nitrogens with zero attached hydrogens (tertiary/aromatic N) is 2. The van der Waals surface area contributed by atoms with Gasteiger partial charge in [-0.25, -0.2) is 8.78 Å². The molecule has 1 saturated heterocycles. The first-order chi connectivity index (χ1) is 14.4. The van der Waals surface area contributed by atoms with Gasteiger partial charge in [-0.1, -0.05) is 18.2 Å². The van der Waals surface area contributed by atoms with Crippen molar-refractivity contribution in [1.82, 2.24) is 9.88 Å². The number of hydrogen-bond acceptors (Lipinski definition) is 3. The molecule has 0 spiro atoms. The van der Waals surface area contributed by atoms with Crippen LogP contribution in [0.25, 0.3) is 10.9 Å². The lowest BCUT2D eigenvalue weighted by molar-refractivity contribution is -0.131. The van der Waals surface area contributed by atoms with Gasteiger partial charge in [0.15, 0.2) is 0 Å². The number of pyridine rings is 1. The number of piperidine rings is 1. The third-order valence-corrected chi connectivity index (χ3v) is 5.53. The van der Waals surface area contributed by atoms with E-state index < -0.39 is 17.5 Å². The Kier molecular flexibility index (Phi) is 5.44. The van der Waals surface area contributed by atoms with Crippen molar-refractivity contribution in [2.75, 3.05) is 13.1 Å². The van der Waals surface area contributed by atoms with Gasteiger partial charge in [0.1, 0.15) is 11.6 Å². The number of para-hydroxylation sites is 1. The Morgan fingerprint density at radius 1 is 1.13 bits per heavy atom. The van der Waals surface area contributed by atoms with Gasteiger partial charge >= 0.3 is 0 Å². The highest BCUT2D eigenvalue weighted by Gasteiger charge is 2.29. The van der Waals surface area contributed by atoms with E-state index in [0.29, 0.717) is 24.3 Å². The Labute approximate surface area is 172 Å². The Morgan fingerprint density at radius 3 is 2.73 bits per heavy atom. The summed E-state index contributed by atoms with van der Waals surface area (Å²) in [4.78, 5) is 31.1. The molecular formula is C23H21F2N3O2. The Balaban J connectivity index is 1.59. The second-order valence-corrected chi connectivity index (χ2v) is 7.57. The summed E-state index contributed by atoms with van der Waals surface area (Å²) in [6.45, 7) is 0.868. The molecule has 1 aliphatic heterocycles. The van der Waals surface area contributed by atoms with Crippen molar-refractivity contribution >= 4 is 22.7 Å². The molecule has 0 saturated carbocycles. The average molecular weight is 409 g/mol. The number of likely N-dealkylation sites (tertiary alicyclic amines) is 1. The van der Waals surface area contributed by atoms with Crippen LogP contribution in [0, 0.1) is 11.6 Å². The zero-order valence-electron chi connectivity index (χ0n) is 16.3. The van der Waals surface area contributed by atoms with E-state index in [4.69, 9.17) is 5.73 Å². The molecule has 1 aromatic heterocycles. The van der Waals surface area contributed by atoms with Gasteiger partial charge in [0.25, 0.3) is 5.91 Å². The molecule has 1 unspecified atom stereocenters. The number of nitrogens with two attached hydrogens (primary N) is 1. The normalized spacial score (nSPS) is 16.6. The number of primary amides is 1. The van der Waals surface area contributed by atoms with Crippen LogP contribution < -0.4 is 5.73 Å². The van der Waals surface area contributed by atoms with Crippen molar-refractivity contribution in [1.29, 1.82) is 0 Å². The minimum absolute atomic E-state index is 0.0313. The Hall–Kier alpha value is -3.35. The van der Waals surface area contributed by atoms with E-state index in [1.807, 2.05) is 24.3 Å². The molecule has 2 heterocycles. The van der Waals surface area contributed by atoms with Gasteiger partial charge in [-0.05, 0) is 43.2 Å². The van der Waals surface area contributed by atoms with E-state index in [1.165, 1.54) is 0 Å². The van der Waals surface area contributed by atoms with Crippen LogP contribution in [0.4, 0.5) is 8.78 Å². The molecule has 2 aromatic carbocycles. The quantitative estimate of drug-likeness (QED) is 0.716. The molecule has 4 rings (SSSR count). The molecule has 0 radical (unpaired) electrons. The SMILES string of the molecule is NC(=O)c1cc2ccccc2nc1C1CCCN(C(=O)Cc2cc(F)ccc2F)C1. The van der Waals surface area contributed by atoms with Gasteiger partial charge in [-0.15, -0.1) is 0 Å². The number of amides is 2. The van der Waals surface area contributed by atoms with E-state index in [9.17, 15) is 18.4 Å². The number of hydrogen-bond donors (Lipinski definition) is 1. The third kappa shape index (κ3) is 4.01. The number of fused-ring (bicyclic) bond motifs is 1. The third-order valence-electron chi connectivity index (χ3n) is 5.53. The minimum Gasteiger partial charge on any atom is -0.366 e. The lowest BCUT2D eigenvalue weighted by atomic mass is 9.90. The standard InChI is InChI=1S/C23H21F2N3O2/c24-17-7-8-19(25)16(10-17)12-21(29)28-9-3-5-15(13-28)22-18(23(26)30)11-14-4-1-2-6-20(14)27-22/h1-2,4,6-8,10-11,15H,3,5,9,12-13H2,(H2,26,30). The van der Waals surface area contributed by atoms with Gasteiger partial charge in [0, 0.05) is 30.0 Å². The number of carbonyl (C=O) groups excluding carboxylic acids is 2. The molecule has 2 N–H and O–H groups in total. The summed E-state index contributed by atoms with van der Waals surface area (Å²) in [5.74, 6) is -2.20. The highest BCUT2D eigenvalue weighted by molar-refractivity contribution is 5.97. The molecule has 30 heavy (non-hydrogen) atoms. The lowest BCUT2D eigenvalue weighted by Crippen LogP contribution is -2.40. The molecular weight excluding hydrogens is 388 g/mol. The fraction of sp³-hybridized carbons (Fsp3) is 0.261. The van der Waals surface area contributed by atoms with E-state index >= 15 is 0 Å². The van der Waals surface area contributed by atoms with Crippen molar-refractivity contribution in [3.05, 3.63) is 77.0 Å². The van der Waals surface area contributed by atoms with Crippen LogP contribution in [0.15, 0.2) is 48.5 Å². The largest absolute Gasteiger partial charge is 0.366 e. The first-order valence-corrected chi connectivity index (χ1v) is 9.83. The predicted octanol–water partition coefficient (Wildman–Crippen LogP) is 3.56. The Bertz CT molecular complexity index is 1130. The molecule has 0 aliphatic carbocycles. The number of rotatable bonds is 4. The van der Waals surface area contributed by atoms with Crippen molar-refractivity contribution in [2.45, 2.75) is 25.2 Å². The van der Waals surface area contributed by atoms with Crippen molar-refractivity contribution < 1.29 is 18.4 Å². The number of aromatic nitrogens is 1. The summed E-state index contributed by atoms with van der Waals surface area (Å²) in [6, 6.07) is 12.3. The second-order valence-electron chi connectivity index (χ2n) is 7.57. The van der Waals surface area contributed by atoms with Gasteiger partial charge in [-0.2, -0.15) is 0 Å². The highest BCUT2D eigenvalue weighted by Crippen LogP contribution is 2.30. The number of benzene rings is 2. The number of carbonyl (C=O) groups is 2. The fourth-order valence-corrected chi connectivity index (χ4v) is 4.02. The second kappa shape index (κ2) is 8.18. The fourth-order valence-electron chi connectivity index (χ4n) is 4.02. The smallest absolute Gasteiger partial charge is 0.250 e. The zero-order valence-corrected chi connectivity index (χ0v) is 16.3. The van der Waals surface area contributed by atoms with Crippen LogP contribution in [-0.4, -0.2) is 34.8 Å².